The fourth-order valence-corrected chi connectivity index (χ4v) is 15.1. The van der Waals surface area contributed by atoms with E-state index in [1.54, 1.807) is 0 Å². The first kappa shape index (κ1) is 59.7. The minimum Gasteiger partial charge on any atom is -1.00 e. The first-order chi connectivity index (χ1) is 32.5. The Bertz CT molecular complexity index is 1830. The van der Waals surface area contributed by atoms with Crippen LogP contribution < -0.4 is 44.2 Å². The van der Waals surface area contributed by atoms with E-state index < -0.39 is 15.8 Å². The Morgan fingerprint density at radius 3 is 0.721 bits per heavy atom. The molecule has 0 radical (unpaired) electrons. The first-order valence-electron chi connectivity index (χ1n) is 24.4. The molecule has 0 N–H and O–H groups in total. The van der Waals surface area contributed by atoms with E-state index in [1.807, 2.05) is 0 Å². The molecule has 6 aromatic carbocycles. The van der Waals surface area contributed by atoms with Crippen molar-refractivity contribution in [1.82, 2.24) is 0 Å². The maximum atomic E-state index is 4.94. The molecule has 366 valence electrons. The molecule has 0 spiro atoms. The van der Waals surface area contributed by atoms with E-state index in [0.29, 0.717) is 0 Å². The van der Waals surface area contributed by atoms with Gasteiger partial charge in [0.15, 0.2) is 0 Å². The number of hydrogen-bond acceptors (Lipinski definition) is 4. The normalized spacial score (nSPS) is 14.6. The van der Waals surface area contributed by atoms with Crippen LogP contribution in [-0.2, 0) is 50.5 Å². The van der Waals surface area contributed by atoms with Gasteiger partial charge in [-0.1, -0.05) is 181 Å². The Labute approximate surface area is 436 Å². The van der Waals surface area contributed by atoms with Crippen molar-refractivity contribution in [2.45, 2.75) is 89.6 Å². The van der Waals surface area contributed by atoms with Gasteiger partial charge in [-0.05, 0) is 99.0 Å². The van der Waals surface area contributed by atoms with Gasteiger partial charge < -0.3 is 31.4 Å². The maximum absolute atomic E-state index is 4.94. The Kier molecular flexibility index (Phi) is 32.6. The molecular weight excluding hydrogens is 1020 g/mol. The van der Waals surface area contributed by atoms with E-state index in [1.165, 1.54) is 106 Å². The van der Waals surface area contributed by atoms with Crippen LogP contribution in [0.5, 0.6) is 0 Å². The molecule has 4 heterocycles. The van der Waals surface area contributed by atoms with Crippen LogP contribution in [0.15, 0.2) is 170 Å². The van der Waals surface area contributed by atoms with E-state index in [2.05, 4.69) is 196 Å². The molecule has 4 aliphatic heterocycles. The van der Waals surface area contributed by atoms with Crippen LogP contribution in [0.25, 0.3) is 0 Å². The monoisotopic (exact) mass is 1090 g/mol. The van der Waals surface area contributed by atoms with E-state index in [-0.39, 0.29) is 49.5 Å². The van der Waals surface area contributed by atoms with Crippen LogP contribution in [0.2, 0.25) is 26.2 Å². The molecule has 10 heteroatoms. The number of rotatable bonds is 10. The fourth-order valence-electron chi connectivity index (χ4n) is 7.72. The maximum Gasteiger partial charge on any atom is 3.00 e. The average molecular weight is 1090 g/mol. The Morgan fingerprint density at radius 2 is 0.529 bits per heavy atom. The van der Waals surface area contributed by atoms with Gasteiger partial charge in [0.25, 0.3) is 0 Å². The summed E-state index contributed by atoms with van der Waals surface area (Å²) < 4.78 is 19.8. The minimum atomic E-state index is -0.481. The van der Waals surface area contributed by atoms with Crippen molar-refractivity contribution in [3.05, 3.63) is 181 Å². The van der Waals surface area contributed by atoms with Crippen molar-refractivity contribution in [3.63, 3.8) is 0 Å². The zero-order valence-electron chi connectivity index (χ0n) is 41.1. The summed E-state index contributed by atoms with van der Waals surface area (Å²) in [5.74, 6) is 0. The van der Waals surface area contributed by atoms with Crippen LogP contribution in [0.4, 0.5) is 0 Å². The molecule has 4 aliphatic rings. The quantitative estimate of drug-likeness (QED) is 0.102. The molecule has 0 saturated carbocycles. The smallest absolute Gasteiger partial charge is 1.00 e. The Balaban J connectivity index is 0.000000250. The van der Waals surface area contributed by atoms with Gasteiger partial charge in [0.2, 0.25) is 0 Å². The second-order valence-electron chi connectivity index (χ2n) is 17.3. The van der Waals surface area contributed by atoms with Crippen LogP contribution in [0.1, 0.15) is 62.5 Å². The third kappa shape index (κ3) is 23.1. The molecule has 10 rings (SSSR count). The van der Waals surface area contributed by atoms with Gasteiger partial charge in [-0.3, -0.25) is 17.6 Å². The van der Waals surface area contributed by atoms with Crippen LogP contribution in [0.3, 0.4) is 0 Å². The van der Waals surface area contributed by atoms with Crippen molar-refractivity contribution in [1.29, 1.82) is 0 Å². The van der Waals surface area contributed by atoms with Crippen molar-refractivity contribution in [3.8, 4) is 0 Å². The summed E-state index contributed by atoms with van der Waals surface area (Å²) in [6.07, 6.45) is 10.2. The van der Waals surface area contributed by atoms with E-state index in [0.717, 1.165) is 52.9 Å². The van der Waals surface area contributed by atoms with Crippen molar-refractivity contribution in [2.75, 3.05) is 52.9 Å². The van der Waals surface area contributed by atoms with Crippen molar-refractivity contribution in [2.24, 2.45) is 0 Å². The van der Waals surface area contributed by atoms with E-state index in [9.17, 15) is 0 Å². The third-order valence-corrected chi connectivity index (χ3v) is 18.2. The van der Waals surface area contributed by atoms with E-state index >= 15 is 0 Å². The summed E-state index contributed by atoms with van der Waals surface area (Å²) in [7, 11) is -1.55. The predicted octanol–water partition coefficient (Wildman–Crippen LogP) is 8.75. The largest absolute Gasteiger partial charge is 3.00 e. The van der Waals surface area contributed by atoms with Gasteiger partial charge in [-0.25, -0.2) is 0 Å². The third-order valence-electron chi connectivity index (χ3n) is 10.9. The molecule has 0 amide bonds. The summed E-state index contributed by atoms with van der Waals surface area (Å²) >= 11 is 0. The summed E-state index contributed by atoms with van der Waals surface area (Å²) in [4.78, 5) is 0. The standard InChI is InChI=1S/2C21H22PSi.4C4H8O.ClH.Rh/c2*1-23(2)17-18-11-9-10-16-21(18)22(19-12-5-3-6-13-19)20-14-7-4-8-15-20;4*1-2-4-5-3-1;;/h2*3-16H,17H2,1-2H3;4*1-4H2;1H;/q2*-1;;;;;;+3/p-1. The summed E-state index contributed by atoms with van der Waals surface area (Å²) in [5, 5.41) is 8.77. The zero-order valence-corrected chi connectivity index (χ0v) is 47.3. The number of hydrogen-bond donors (Lipinski definition) is 0. The van der Waals surface area contributed by atoms with Crippen LogP contribution in [-0.4, -0.2) is 70.4 Å². The van der Waals surface area contributed by atoms with Gasteiger partial charge in [-0.2, -0.15) is 38.3 Å². The molecule has 6 aromatic rings. The van der Waals surface area contributed by atoms with Crippen LogP contribution in [0, 0.1) is 0 Å². The summed E-state index contributed by atoms with van der Waals surface area (Å²) in [6, 6.07) is 64.5. The Hall–Kier alpha value is -2.63. The second kappa shape index (κ2) is 37.2. The molecule has 0 bridgehead atoms. The molecule has 4 fully saturated rings. The second-order valence-corrected chi connectivity index (χ2v) is 27.2. The van der Waals surface area contributed by atoms with Crippen molar-refractivity contribution < 1.29 is 50.8 Å². The topological polar surface area (TPSA) is 36.9 Å². The van der Waals surface area contributed by atoms with Gasteiger partial charge in [0.1, 0.15) is 0 Å². The SMILES string of the molecule is C1CCOC1.C1CCOC1.C1CCOC1.C1CCOC1.C[Si-](C)Cc1ccccc1P(c1ccccc1)c1ccccc1.C[Si-](C)Cc1ccccc1P(c1ccccc1)c1ccccc1.[Cl-].[Rh+3]. The minimum absolute atomic E-state index is 0. The van der Waals surface area contributed by atoms with Gasteiger partial charge in [0, 0.05) is 52.9 Å². The van der Waals surface area contributed by atoms with Crippen molar-refractivity contribution >= 4 is 65.3 Å². The van der Waals surface area contributed by atoms with Crippen LogP contribution >= 0.6 is 15.8 Å². The predicted molar refractivity (Wildman–Crippen MR) is 293 cm³/mol. The molecule has 0 aromatic heterocycles. The van der Waals surface area contributed by atoms with Gasteiger partial charge in [0.05, 0.1) is 0 Å². The molecule has 0 atom stereocenters. The number of halogens is 1. The molecule has 4 nitrogen and oxygen atoms in total. The molecule has 4 saturated heterocycles. The average Bonchev–Trinajstić information content (AvgIpc) is 4.23. The molecular formula is C58H76ClO4P2RhSi2. The summed E-state index contributed by atoms with van der Waals surface area (Å²) in [6.45, 7) is 17.6. The van der Waals surface area contributed by atoms with Gasteiger partial charge >= 0.3 is 19.5 Å². The first-order valence-corrected chi connectivity index (χ1v) is 32.5. The number of benzene rings is 6. The fraction of sp³-hybridized carbons (Fsp3) is 0.379. The Morgan fingerprint density at radius 1 is 0.324 bits per heavy atom. The molecule has 0 unspecified atom stereocenters. The molecule has 68 heavy (non-hydrogen) atoms. The number of ether oxygens (including phenoxy) is 4. The zero-order chi connectivity index (χ0) is 46.3. The summed E-state index contributed by atoms with van der Waals surface area (Å²) in [5.41, 5.74) is 3.07. The van der Waals surface area contributed by atoms with E-state index in [4.69, 9.17) is 18.9 Å². The van der Waals surface area contributed by atoms with Gasteiger partial charge in [-0.15, -0.1) is 0 Å². The molecule has 0 aliphatic carbocycles.